The van der Waals surface area contributed by atoms with Crippen LogP contribution in [0.25, 0.3) is 10.8 Å². The Bertz CT molecular complexity index is 1020. The maximum atomic E-state index is 14.0. The summed E-state index contributed by atoms with van der Waals surface area (Å²) in [4.78, 5) is 23.6. The number of aliphatic carboxylic acids is 1. The average Bonchev–Trinajstić information content (AvgIpc) is 3.19. The number of nitrogens with zero attached hydrogens (tertiary/aromatic N) is 1. The summed E-state index contributed by atoms with van der Waals surface area (Å²) in [6, 6.07) is 8.59. The van der Waals surface area contributed by atoms with Gasteiger partial charge in [-0.1, -0.05) is 47.5 Å². The second kappa shape index (κ2) is 13.6. The average molecular weight is 530 g/mol. The van der Waals surface area contributed by atoms with Crippen molar-refractivity contribution in [3.05, 3.63) is 36.2 Å². The Balaban J connectivity index is 0.000000400. The van der Waals surface area contributed by atoms with Crippen molar-refractivity contribution >= 4 is 45.9 Å². The molecule has 9 nitrogen and oxygen atoms in total. The van der Waals surface area contributed by atoms with Crippen molar-refractivity contribution in [3.8, 4) is 6.07 Å². The van der Waals surface area contributed by atoms with E-state index in [1.165, 1.54) is 0 Å². The van der Waals surface area contributed by atoms with Crippen molar-refractivity contribution in [1.82, 2.24) is 10.3 Å². The Labute approximate surface area is 225 Å². The molecule has 0 bridgehead atoms. The number of nitrogens with one attached hydrogen (secondary N) is 2. The van der Waals surface area contributed by atoms with Gasteiger partial charge in [-0.3, -0.25) is 4.79 Å². The van der Waals surface area contributed by atoms with Gasteiger partial charge in [-0.15, -0.1) is 0 Å². The molecular weight excluding hydrogens is 510 g/mol. The maximum Gasteiger partial charge on any atom is 1.00 e. The van der Waals surface area contributed by atoms with Gasteiger partial charge in [0, 0.05) is 30.0 Å². The Morgan fingerprint density at radius 1 is 1.41 bits per heavy atom. The molecule has 2 heterocycles. The predicted octanol–water partition coefficient (Wildman–Crippen LogP) is -2.40. The number of fused-ring (bicyclic) bond motifs is 1. The molecule has 3 rings (SSSR count). The van der Waals surface area contributed by atoms with Crippen molar-refractivity contribution in [2.45, 2.75) is 48.0 Å². The fourth-order valence-corrected chi connectivity index (χ4v) is 3.37. The zero-order valence-corrected chi connectivity index (χ0v) is 21.4. The van der Waals surface area contributed by atoms with Gasteiger partial charge in [0.2, 0.25) is 0 Å². The Morgan fingerprint density at radius 2 is 2.06 bits per heavy atom. The molecule has 180 valence electrons. The predicted molar refractivity (Wildman–Crippen MR) is 111 cm³/mol. The van der Waals surface area contributed by atoms with E-state index in [1.807, 2.05) is 30.5 Å². The molecule has 1 saturated heterocycles. The number of aromatic amines is 1. The molecule has 5 atom stereocenters. The van der Waals surface area contributed by atoms with E-state index in [0.717, 1.165) is 10.8 Å². The summed E-state index contributed by atoms with van der Waals surface area (Å²) in [7, 11) is 0. The van der Waals surface area contributed by atoms with Crippen LogP contribution >= 0.6 is 23.2 Å². The van der Waals surface area contributed by atoms with Crippen LogP contribution < -0.4 is 40.0 Å². The number of aliphatic hydroxyl groups excluding tert-OH is 2. The summed E-state index contributed by atoms with van der Waals surface area (Å²) in [5.74, 6) is -7.17. The van der Waals surface area contributed by atoms with Gasteiger partial charge < -0.3 is 35.2 Å². The van der Waals surface area contributed by atoms with Gasteiger partial charge in [-0.2, -0.15) is 5.26 Å². The third-order valence-corrected chi connectivity index (χ3v) is 5.29. The summed E-state index contributed by atoms with van der Waals surface area (Å²) in [5, 5.41) is 42.2. The number of nitriles is 1. The van der Waals surface area contributed by atoms with E-state index >= 15 is 0 Å². The third-order valence-electron chi connectivity index (χ3n) is 4.89. The molecule has 14 heteroatoms. The Morgan fingerprint density at radius 3 is 2.62 bits per heavy atom. The van der Waals surface area contributed by atoms with E-state index in [0.29, 0.717) is 5.69 Å². The molecular formula is C20H20Cl2F2N3NaO6. The number of aliphatic hydroxyl groups is 2. The molecule has 0 radical (unpaired) electrons. The van der Waals surface area contributed by atoms with Crippen LogP contribution in [0.4, 0.5) is 8.78 Å². The number of rotatable bonds is 6. The first-order valence-corrected chi connectivity index (χ1v) is 10.5. The van der Waals surface area contributed by atoms with Crippen molar-refractivity contribution in [3.63, 3.8) is 0 Å². The van der Waals surface area contributed by atoms with E-state index in [2.05, 4.69) is 21.1 Å². The zero-order chi connectivity index (χ0) is 24.8. The van der Waals surface area contributed by atoms with Crippen LogP contribution in [0.15, 0.2) is 30.5 Å². The normalized spacial score (nSPS) is 24.8. The number of aromatic nitrogens is 1. The number of benzene rings is 1. The molecule has 1 amide bonds. The summed E-state index contributed by atoms with van der Waals surface area (Å²) >= 11 is 10.6. The van der Waals surface area contributed by atoms with E-state index < -0.39 is 60.0 Å². The standard InChI is InChI=1S/C11H15Cl2F2NO6.C9H6N2.Na/c12-8(13)9(19)16-4-3-6(14)11(15,10(20)21)22-7(4)5(18)1-2-17;10-5-9-8-4-2-1-3-7(8)6-11-9;/h4-8,17-18H,1-3H2,(H,16,19)(H,20,21);1-4,6,11H;/q;;+1/p-1. The van der Waals surface area contributed by atoms with Gasteiger partial charge in [0.15, 0.2) is 11.0 Å². The molecule has 1 aromatic heterocycles. The van der Waals surface area contributed by atoms with Gasteiger partial charge in [0.05, 0.1) is 12.1 Å². The molecule has 1 aliphatic heterocycles. The summed E-state index contributed by atoms with van der Waals surface area (Å²) in [5.41, 5.74) is 0.639. The van der Waals surface area contributed by atoms with Crippen molar-refractivity contribution < 1.29 is 68.0 Å². The second-order valence-electron chi connectivity index (χ2n) is 7.08. The number of amides is 1. The minimum absolute atomic E-state index is 0. The summed E-state index contributed by atoms with van der Waals surface area (Å²) in [6.07, 6.45) is -5.15. The monoisotopic (exact) mass is 529 g/mol. The number of hydrogen-bond acceptors (Lipinski definition) is 7. The van der Waals surface area contributed by atoms with Crippen LogP contribution in [0.3, 0.4) is 0 Å². The largest absolute Gasteiger partial charge is 1.00 e. The molecule has 5 unspecified atom stereocenters. The number of halogens is 4. The zero-order valence-electron chi connectivity index (χ0n) is 17.9. The van der Waals surface area contributed by atoms with Crippen LogP contribution in [0.2, 0.25) is 0 Å². The number of carboxylic acid groups (broad SMARTS) is 1. The number of carbonyl (C=O) groups is 2. The van der Waals surface area contributed by atoms with Crippen LogP contribution in [-0.4, -0.2) is 68.8 Å². The molecule has 0 saturated carbocycles. The van der Waals surface area contributed by atoms with Gasteiger partial charge in [-0.25, -0.2) is 8.78 Å². The van der Waals surface area contributed by atoms with E-state index in [9.17, 15) is 28.6 Å². The van der Waals surface area contributed by atoms with Crippen molar-refractivity contribution in [2.75, 3.05) is 6.61 Å². The van der Waals surface area contributed by atoms with E-state index in [-0.39, 0.29) is 36.0 Å². The van der Waals surface area contributed by atoms with Crippen molar-refractivity contribution in [1.29, 1.82) is 5.26 Å². The fourth-order valence-electron chi connectivity index (χ4n) is 3.24. The quantitative estimate of drug-likeness (QED) is 0.240. The van der Waals surface area contributed by atoms with Crippen molar-refractivity contribution in [2.24, 2.45) is 0 Å². The molecule has 2 aromatic rings. The number of H-pyrrole nitrogens is 1. The molecule has 1 fully saturated rings. The first-order valence-electron chi connectivity index (χ1n) is 9.61. The number of alkyl halides is 4. The van der Waals surface area contributed by atoms with Gasteiger partial charge >= 0.3 is 29.6 Å². The smallest absolute Gasteiger partial charge is 0.544 e. The van der Waals surface area contributed by atoms with E-state index in [1.54, 1.807) is 0 Å². The number of carbonyl (C=O) groups excluding carboxylic acids is 2. The first-order chi connectivity index (χ1) is 15.5. The third kappa shape index (κ3) is 7.26. The molecule has 4 N–H and O–H groups in total. The minimum atomic E-state index is -3.77. The SMILES string of the molecule is N#Cc1[nH]cc2ccccc12.O=C(NC1CC(F)C(F)(C(=O)[O-])OC1C(O)CCO)C(Cl)Cl.[Na+]. The Kier molecular flexibility index (Phi) is 12.2. The minimum Gasteiger partial charge on any atom is -0.544 e. The molecule has 0 aliphatic carbocycles. The molecule has 34 heavy (non-hydrogen) atoms. The fraction of sp³-hybridized carbons (Fsp3) is 0.450. The molecule has 1 aromatic carbocycles. The second-order valence-corrected chi connectivity index (χ2v) is 8.17. The molecule has 0 spiro atoms. The van der Waals surface area contributed by atoms with E-state index in [4.69, 9.17) is 33.6 Å². The first kappa shape index (κ1) is 30.5. The Hall–Kier alpha value is -1.49. The van der Waals surface area contributed by atoms with Gasteiger partial charge in [0.1, 0.15) is 23.8 Å². The number of hydrogen-bond donors (Lipinski definition) is 4. The van der Waals surface area contributed by atoms with Gasteiger partial charge in [-0.05, 0) is 6.42 Å². The topological polar surface area (TPSA) is 158 Å². The number of carboxylic acids is 1. The van der Waals surface area contributed by atoms with Crippen LogP contribution in [0.1, 0.15) is 18.5 Å². The van der Waals surface area contributed by atoms with Crippen LogP contribution in [0.5, 0.6) is 0 Å². The van der Waals surface area contributed by atoms with Gasteiger partial charge in [0.25, 0.3) is 11.8 Å². The summed E-state index contributed by atoms with van der Waals surface area (Å²) in [6.45, 7) is -0.529. The maximum absolute atomic E-state index is 14.0. The number of ether oxygens (including phenoxy) is 1. The molecule has 1 aliphatic rings. The van der Waals surface area contributed by atoms with Crippen LogP contribution in [0, 0.1) is 11.3 Å². The van der Waals surface area contributed by atoms with Crippen LogP contribution in [-0.2, 0) is 14.3 Å². The summed E-state index contributed by atoms with van der Waals surface area (Å²) < 4.78 is 32.2.